The maximum absolute atomic E-state index is 12.6. The maximum atomic E-state index is 12.6. The van der Waals surface area contributed by atoms with E-state index in [2.05, 4.69) is 36.4 Å². The van der Waals surface area contributed by atoms with Crippen LogP contribution in [0.3, 0.4) is 0 Å². The standard InChI is InChI=1S/C27H34N4O4/c1-16-21(20-7-8-23(32)30-24(20)33)14-18-6-5-17(13-22(18)29-16)15-28-25(34)26(35)31-11-9-19(10-12-31)27(2,3)4/h5-6,13-14,19-20H,7-12,15H2,1-4H3,(H,28,34)(H,30,32,33). The molecule has 2 aliphatic rings. The van der Waals surface area contributed by atoms with Gasteiger partial charge >= 0.3 is 11.8 Å². The average molecular weight is 479 g/mol. The van der Waals surface area contributed by atoms with Crippen molar-refractivity contribution in [1.82, 2.24) is 20.5 Å². The molecule has 2 aliphatic heterocycles. The van der Waals surface area contributed by atoms with Crippen LogP contribution in [-0.4, -0.2) is 46.6 Å². The number of fused-ring (bicyclic) bond motifs is 1. The Morgan fingerprint density at radius 1 is 1.11 bits per heavy atom. The highest BCUT2D eigenvalue weighted by atomic mass is 16.2. The Morgan fingerprint density at radius 3 is 2.49 bits per heavy atom. The van der Waals surface area contributed by atoms with Crippen molar-refractivity contribution < 1.29 is 19.2 Å². The molecular formula is C27H34N4O4. The van der Waals surface area contributed by atoms with Gasteiger partial charge in [-0.3, -0.25) is 29.5 Å². The summed E-state index contributed by atoms with van der Waals surface area (Å²) in [5, 5.41) is 6.03. The number of nitrogens with one attached hydrogen (secondary N) is 2. The van der Waals surface area contributed by atoms with Gasteiger partial charge < -0.3 is 10.2 Å². The SMILES string of the molecule is Cc1nc2cc(CNC(=O)C(=O)N3CCC(C(C)(C)C)CC3)ccc2cc1C1CCC(=O)NC1=O. The molecular weight excluding hydrogens is 444 g/mol. The van der Waals surface area contributed by atoms with Gasteiger partial charge in [-0.15, -0.1) is 0 Å². The van der Waals surface area contributed by atoms with Crippen LogP contribution in [0.2, 0.25) is 0 Å². The molecule has 0 spiro atoms. The molecule has 186 valence electrons. The predicted molar refractivity (Wildman–Crippen MR) is 132 cm³/mol. The number of hydrogen-bond acceptors (Lipinski definition) is 5. The fraction of sp³-hybridized carbons (Fsp3) is 0.519. The van der Waals surface area contributed by atoms with E-state index in [1.165, 1.54) is 0 Å². The van der Waals surface area contributed by atoms with Gasteiger partial charge in [0, 0.05) is 37.1 Å². The average Bonchev–Trinajstić information content (AvgIpc) is 2.81. The first-order valence-corrected chi connectivity index (χ1v) is 12.3. The molecule has 1 atom stereocenters. The third kappa shape index (κ3) is 5.52. The van der Waals surface area contributed by atoms with Crippen molar-refractivity contribution in [3.63, 3.8) is 0 Å². The van der Waals surface area contributed by atoms with E-state index in [4.69, 9.17) is 0 Å². The fourth-order valence-electron chi connectivity index (χ4n) is 5.13. The molecule has 1 unspecified atom stereocenters. The lowest BCUT2D eigenvalue weighted by molar-refractivity contribution is -0.147. The topological polar surface area (TPSA) is 108 Å². The number of aromatic nitrogens is 1. The molecule has 0 saturated carbocycles. The summed E-state index contributed by atoms with van der Waals surface area (Å²) in [5.41, 5.74) is 3.36. The Bertz CT molecular complexity index is 1180. The molecule has 2 N–H and O–H groups in total. The number of carbonyl (C=O) groups excluding carboxylic acids is 4. The van der Waals surface area contributed by atoms with Crippen LogP contribution in [0.5, 0.6) is 0 Å². The first-order valence-electron chi connectivity index (χ1n) is 12.3. The van der Waals surface area contributed by atoms with Crippen molar-refractivity contribution in [2.75, 3.05) is 13.1 Å². The summed E-state index contributed by atoms with van der Waals surface area (Å²) >= 11 is 0. The zero-order chi connectivity index (χ0) is 25.3. The van der Waals surface area contributed by atoms with Crippen LogP contribution >= 0.6 is 0 Å². The van der Waals surface area contributed by atoms with Crippen molar-refractivity contribution in [2.45, 2.75) is 65.8 Å². The quantitative estimate of drug-likeness (QED) is 0.521. The van der Waals surface area contributed by atoms with Crippen molar-refractivity contribution >= 4 is 34.5 Å². The zero-order valence-corrected chi connectivity index (χ0v) is 20.9. The Balaban J connectivity index is 1.38. The highest BCUT2D eigenvalue weighted by Gasteiger charge is 2.32. The van der Waals surface area contributed by atoms with Crippen molar-refractivity contribution in [1.29, 1.82) is 0 Å². The summed E-state index contributed by atoms with van der Waals surface area (Å²) in [6.45, 7) is 9.97. The van der Waals surface area contributed by atoms with Crippen molar-refractivity contribution in [2.24, 2.45) is 11.3 Å². The Labute approximate surface area is 205 Å². The number of carbonyl (C=O) groups is 4. The van der Waals surface area contributed by atoms with Gasteiger partial charge in [0.2, 0.25) is 11.8 Å². The van der Waals surface area contributed by atoms with E-state index in [1.54, 1.807) is 4.90 Å². The molecule has 2 saturated heterocycles. The number of piperidine rings is 2. The molecule has 2 aromatic rings. The first-order chi connectivity index (χ1) is 16.5. The highest BCUT2D eigenvalue weighted by molar-refractivity contribution is 6.35. The zero-order valence-electron chi connectivity index (χ0n) is 20.9. The normalized spacial score (nSPS) is 19.5. The van der Waals surface area contributed by atoms with Crippen molar-refractivity contribution in [3.8, 4) is 0 Å². The molecule has 1 aromatic carbocycles. The number of benzene rings is 1. The van der Waals surface area contributed by atoms with Gasteiger partial charge in [0.25, 0.3) is 0 Å². The summed E-state index contributed by atoms with van der Waals surface area (Å²) < 4.78 is 0. The molecule has 0 aliphatic carbocycles. The van der Waals surface area contributed by atoms with Crippen molar-refractivity contribution in [3.05, 3.63) is 41.1 Å². The molecule has 4 amide bonds. The van der Waals surface area contributed by atoms with E-state index in [0.717, 1.165) is 40.6 Å². The van der Waals surface area contributed by atoms with Gasteiger partial charge in [-0.25, -0.2) is 0 Å². The van der Waals surface area contributed by atoms with E-state index in [0.29, 0.717) is 31.8 Å². The number of likely N-dealkylation sites (tertiary alicyclic amines) is 1. The largest absolute Gasteiger partial charge is 0.344 e. The molecule has 0 radical (unpaired) electrons. The van der Waals surface area contributed by atoms with E-state index in [9.17, 15) is 19.2 Å². The summed E-state index contributed by atoms with van der Waals surface area (Å²) in [6, 6.07) is 7.62. The second-order valence-corrected chi connectivity index (χ2v) is 10.8. The van der Waals surface area contributed by atoms with Crippen LogP contribution in [0.25, 0.3) is 10.9 Å². The van der Waals surface area contributed by atoms with Crippen LogP contribution in [0, 0.1) is 18.3 Å². The van der Waals surface area contributed by atoms with Crippen LogP contribution < -0.4 is 10.6 Å². The molecule has 3 heterocycles. The number of pyridine rings is 1. The Kier molecular flexibility index (Phi) is 6.92. The summed E-state index contributed by atoms with van der Waals surface area (Å²) in [5.74, 6) is -1.41. The second kappa shape index (κ2) is 9.76. The number of amides is 4. The van der Waals surface area contributed by atoms with Gasteiger partial charge in [-0.2, -0.15) is 0 Å². The minimum atomic E-state index is -0.586. The van der Waals surface area contributed by atoms with Gasteiger partial charge in [0.15, 0.2) is 0 Å². The molecule has 8 nitrogen and oxygen atoms in total. The van der Waals surface area contributed by atoms with E-state index in [-0.39, 0.29) is 29.7 Å². The molecule has 8 heteroatoms. The highest BCUT2D eigenvalue weighted by Crippen LogP contribution is 2.34. The lowest BCUT2D eigenvalue weighted by atomic mass is 9.75. The molecule has 35 heavy (non-hydrogen) atoms. The van der Waals surface area contributed by atoms with E-state index in [1.807, 2.05) is 31.2 Å². The minimum Gasteiger partial charge on any atom is -0.344 e. The molecule has 0 bridgehead atoms. The van der Waals surface area contributed by atoms with Gasteiger partial charge in [-0.1, -0.05) is 32.9 Å². The van der Waals surface area contributed by atoms with Gasteiger partial charge in [0.1, 0.15) is 0 Å². The number of hydrogen-bond donors (Lipinski definition) is 2. The van der Waals surface area contributed by atoms with Crippen LogP contribution in [0.4, 0.5) is 0 Å². The number of nitrogens with zero attached hydrogens (tertiary/aromatic N) is 2. The predicted octanol–water partition coefficient (Wildman–Crippen LogP) is 2.96. The summed E-state index contributed by atoms with van der Waals surface area (Å²) in [7, 11) is 0. The van der Waals surface area contributed by atoms with Gasteiger partial charge in [-0.05, 0) is 60.8 Å². The maximum Gasteiger partial charge on any atom is 0.311 e. The number of aryl methyl sites for hydroxylation is 1. The van der Waals surface area contributed by atoms with Crippen LogP contribution in [0.1, 0.15) is 69.2 Å². The monoisotopic (exact) mass is 478 g/mol. The fourth-order valence-corrected chi connectivity index (χ4v) is 5.13. The van der Waals surface area contributed by atoms with E-state index < -0.39 is 11.8 Å². The van der Waals surface area contributed by atoms with Gasteiger partial charge in [0.05, 0.1) is 11.4 Å². The molecule has 2 fully saturated rings. The summed E-state index contributed by atoms with van der Waals surface area (Å²) in [6.07, 6.45) is 2.63. The smallest absolute Gasteiger partial charge is 0.311 e. The molecule has 4 rings (SSSR count). The first kappa shape index (κ1) is 24.8. The second-order valence-electron chi connectivity index (χ2n) is 10.8. The van der Waals surface area contributed by atoms with Crippen LogP contribution in [0.15, 0.2) is 24.3 Å². The third-order valence-electron chi connectivity index (χ3n) is 7.38. The number of rotatable bonds is 3. The number of imide groups is 1. The molecule has 1 aromatic heterocycles. The Morgan fingerprint density at radius 2 is 1.83 bits per heavy atom. The minimum absolute atomic E-state index is 0.211. The van der Waals surface area contributed by atoms with E-state index >= 15 is 0 Å². The lowest BCUT2D eigenvalue weighted by Gasteiger charge is -2.38. The Hall–Kier alpha value is -3.29. The summed E-state index contributed by atoms with van der Waals surface area (Å²) in [4.78, 5) is 55.2. The lowest BCUT2D eigenvalue weighted by Crippen LogP contribution is -2.47. The third-order valence-corrected chi connectivity index (χ3v) is 7.38. The van der Waals surface area contributed by atoms with Crippen LogP contribution in [-0.2, 0) is 25.7 Å².